The van der Waals surface area contributed by atoms with E-state index in [0.29, 0.717) is 6.42 Å². The number of H-pyrrole nitrogens is 1. The maximum atomic E-state index is 10.4. The van der Waals surface area contributed by atoms with Crippen LogP contribution in [0.2, 0.25) is 0 Å². The van der Waals surface area contributed by atoms with Gasteiger partial charge in [-0.15, -0.1) is 5.10 Å². The highest BCUT2D eigenvalue weighted by atomic mass is 16.4. The maximum Gasteiger partial charge on any atom is 0.303 e. The van der Waals surface area contributed by atoms with Gasteiger partial charge in [-0.05, 0) is 23.3 Å². The van der Waals surface area contributed by atoms with Crippen molar-refractivity contribution >= 4 is 5.97 Å². The number of hydrogen-bond acceptors (Lipinski definition) is 4. The van der Waals surface area contributed by atoms with E-state index < -0.39 is 5.97 Å². The highest BCUT2D eigenvalue weighted by molar-refractivity contribution is 5.66. The van der Waals surface area contributed by atoms with Gasteiger partial charge in [0.2, 0.25) is 0 Å². The van der Waals surface area contributed by atoms with E-state index in [2.05, 4.69) is 20.6 Å². The number of carboxylic acid groups (broad SMARTS) is 1. The van der Waals surface area contributed by atoms with Crippen molar-refractivity contribution in [1.29, 1.82) is 0 Å². The number of nitrogens with one attached hydrogen (secondary N) is 1. The van der Waals surface area contributed by atoms with Gasteiger partial charge in [-0.1, -0.05) is 64.2 Å². The van der Waals surface area contributed by atoms with E-state index in [4.69, 9.17) is 5.11 Å². The van der Waals surface area contributed by atoms with Crippen molar-refractivity contribution in [2.75, 3.05) is 0 Å². The molecule has 0 aliphatic carbocycles. The first-order valence-corrected chi connectivity index (χ1v) is 8.73. The second kappa shape index (κ2) is 13.2. The molecular weight excluding hydrogens is 280 g/mol. The van der Waals surface area contributed by atoms with Gasteiger partial charge in [0.1, 0.15) is 5.82 Å². The monoisotopic (exact) mass is 310 g/mol. The first-order chi connectivity index (χ1) is 10.8. The van der Waals surface area contributed by atoms with E-state index in [1.54, 1.807) is 0 Å². The predicted octanol–water partition coefficient (Wildman–Crippen LogP) is 3.90. The summed E-state index contributed by atoms with van der Waals surface area (Å²) in [5.74, 6) is 0.223. The summed E-state index contributed by atoms with van der Waals surface area (Å²) in [6, 6.07) is 0. The average Bonchev–Trinajstić information content (AvgIpc) is 3.00. The Morgan fingerprint density at radius 2 is 1.32 bits per heavy atom. The molecule has 1 aromatic rings. The van der Waals surface area contributed by atoms with Gasteiger partial charge in [-0.25, -0.2) is 5.10 Å². The number of unbranched alkanes of at least 4 members (excludes halogenated alkanes) is 11. The average molecular weight is 310 g/mol. The minimum absolute atomic E-state index is 0.326. The molecule has 0 spiro atoms. The number of aromatic nitrogens is 4. The number of carboxylic acids is 1. The third-order valence-corrected chi connectivity index (χ3v) is 3.94. The lowest BCUT2D eigenvalue weighted by Crippen LogP contribution is -1.93. The lowest BCUT2D eigenvalue weighted by Gasteiger charge is -2.02. The third-order valence-electron chi connectivity index (χ3n) is 3.94. The molecule has 6 heteroatoms. The Morgan fingerprint density at radius 3 is 1.77 bits per heavy atom. The molecule has 0 amide bonds. The van der Waals surface area contributed by atoms with Gasteiger partial charge >= 0.3 is 5.97 Å². The van der Waals surface area contributed by atoms with Crippen LogP contribution >= 0.6 is 0 Å². The van der Waals surface area contributed by atoms with Crippen LogP contribution in [0.5, 0.6) is 0 Å². The highest BCUT2D eigenvalue weighted by Crippen LogP contribution is 2.12. The van der Waals surface area contributed by atoms with Crippen LogP contribution in [-0.2, 0) is 11.2 Å². The molecule has 6 nitrogen and oxygen atoms in total. The van der Waals surface area contributed by atoms with Crippen LogP contribution in [-0.4, -0.2) is 31.7 Å². The lowest BCUT2D eigenvalue weighted by molar-refractivity contribution is -0.137. The van der Waals surface area contributed by atoms with Crippen molar-refractivity contribution in [1.82, 2.24) is 20.6 Å². The second-order valence-corrected chi connectivity index (χ2v) is 5.98. The quantitative estimate of drug-likeness (QED) is 0.479. The normalized spacial score (nSPS) is 10.9. The largest absolute Gasteiger partial charge is 0.481 e. The van der Waals surface area contributed by atoms with Gasteiger partial charge in [-0.2, -0.15) is 0 Å². The van der Waals surface area contributed by atoms with Crippen molar-refractivity contribution in [3.8, 4) is 0 Å². The molecule has 0 fully saturated rings. The molecular formula is C16H30N4O2. The van der Waals surface area contributed by atoms with Crippen molar-refractivity contribution in [2.45, 2.75) is 89.9 Å². The fourth-order valence-electron chi connectivity index (χ4n) is 2.62. The number of carbonyl (C=O) groups is 1. The number of aromatic amines is 1. The molecule has 0 saturated heterocycles. The molecule has 22 heavy (non-hydrogen) atoms. The van der Waals surface area contributed by atoms with Crippen LogP contribution in [0.4, 0.5) is 0 Å². The van der Waals surface area contributed by atoms with Gasteiger partial charge in [0.05, 0.1) is 0 Å². The Bertz CT molecular complexity index is 368. The van der Waals surface area contributed by atoms with Gasteiger partial charge in [0, 0.05) is 12.8 Å². The van der Waals surface area contributed by atoms with Crippen molar-refractivity contribution in [3.63, 3.8) is 0 Å². The summed E-state index contributed by atoms with van der Waals surface area (Å²) in [7, 11) is 0. The molecule has 2 N–H and O–H groups in total. The first-order valence-electron chi connectivity index (χ1n) is 8.73. The summed E-state index contributed by atoms with van der Waals surface area (Å²) >= 11 is 0. The molecule has 1 rings (SSSR count). The number of rotatable bonds is 15. The molecule has 1 aromatic heterocycles. The third kappa shape index (κ3) is 11.2. The van der Waals surface area contributed by atoms with Gasteiger partial charge in [-0.3, -0.25) is 4.79 Å². The fourth-order valence-corrected chi connectivity index (χ4v) is 2.62. The topological polar surface area (TPSA) is 91.8 Å². The summed E-state index contributed by atoms with van der Waals surface area (Å²) in [6.45, 7) is 0. The molecule has 0 aromatic carbocycles. The fraction of sp³-hybridized carbons (Fsp3) is 0.875. The minimum Gasteiger partial charge on any atom is -0.481 e. The molecule has 0 atom stereocenters. The summed E-state index contributed by atoms with van der Waals surface area (Å²) in [4.78, 5) is 10.4. The van der Waals surface area contributed by atoms with Crippen LogP contribution in [0.3, 0.4) is 0 Å². The van der Waals surface area contributed by atoms with E-state index in [1.165, 1.54) is 57.8 Å². The number of tetrazole rings is 1. The zero-order chi connectivity index (χ0) is 15.9. The maximum absolute atomic E-state index is 10.4. The molecule has 1 heterocycles. The number of hydrogen-bond donors (Lipinski definition) is 2. The van der Waals surface area contributed by atoms with Crippen LogP contribution in [0.25, 0.3) is 0 Å². The Balaban J connectivity index is 1.70. The molecule has 0 aliphatic heterocycles. The first kappa shape index (κ1) is 18.6. The van der Waals surface area contributed by atoms with Crippen LogP contribution < -0.4 is 0 Å². The summed E-state index contributed by atoms with van der Waals surface area (Å²) < 4.78 is 0. The zero-order valence-corrected chi connectivity index (χ0v) is 13.6. The second-order valence-electron chi connectivity index (χ2n) is 5.98. The van der Waals surface area contributed by atoms with Gasteiger partial charge in [0.15, 0.2) is 0 Å². The Morgan fingerprint density at radius 1 is 0.818 bits per heavy atom. The molecule has 0 unspecified atom stereocenters. The van der Waals surface area contributed by atoms with Crippen LogP contribution in [0, 0.1) is 0 Å². The zero-order valence-electron chi connectivity index (χ0n) is 13.6. The van der Waals surface area contributed by atoms with Crippen molar-refractivity contribution in [2.24, 2.45) is 0 Å². The van der Waals surface area contributed by atoms with E-state index in [1.807, 2.05) is 0 Å². The lowest BCUT2D eigenvalue weighted by atomic mass is 10.0. The Hall–Kier alpha value is -1.46. The van der Waals surface area contributed by atoms with Crippen LogP contribution in [0.1, 0.15) is 89.3 Å². The summed E-state index contributed by atoms with van der Waals surface area (Å²) in [6.07, 6.45) is 15.9. The van der Waals surface area contributed by atoms with E-state index in [0.717, 1.165) is 31.5 Å². The Labute approximate surface area is 133 Å². The van der Waals surface area contributed by atoms with Crippen LogP contribution in [0.15, 0.2) is 0 Å². The standard InChI is InChI=1S/C16H30N4O2/c21-16(22)14-12-10-8-6-4-2-1-3-5-7-9-11-13-15-17-19-20-18-15/h1-14H2,(H,21,22)(H,17,18,19,20). The molecule has 0 saturated carbocycles. The predicted molar refractivity (Wildman–Crippen MR) is 85.5 cm³/mol. The number of aryl methyl sites for hydroxylation is 1. The van der Waals surface area contributed by atoms with Gasteiger partial charge < -0.3 is 5.11 Å². The molecule has 0 aliphatic rings. The molecule has 126 valence electrons. The molecule has 0 radical (unpaired) electrons. The summed E-state index contributed by atoms with van der Waals surface area (Å²) in [5, 5.41) is 22.3. The van der Waals surface area contributed by atoms with E-state index >= 15 is 0 Å². The SMILES string of the molecule is O=C(O)CCCCCCCCCCCCCCc1nnn[nH]1. The van der Waals surface area contributed by atoms with E-state index in [9.17, 15) is 4.79 Å². The van der Waals surface area contributed by atoms with E-state index in [-0.39, 0.29) is 0 Å². The number of aliphatic carboxylic acids is 1. The van der Waals surface area contributed by atoms with Crippen molar-refractivity contribution < 1.29 is 9.90 Å². The van der Waals surface area contributed by atoms with Crippen molar-refractivity contribution in [3.05, 3.63) is 5.82 Å². The smallest absolute Gasteiger partial charge is 0.303 e. The minimum atomic E-state index is -0.669. The highest BCUT2D eigenvalue weighted by Gasteiger charge is 1.98. The van der Waals surface area contributed by atoms with Gasteiger partial charge in [0.25, 0.3) is 0 Å². The summed E-state index contributed by atoms with van der Waals surface area (Å²) in [5.41, 5.74) is 0. The molecule has 0 bridgehead atoms. The number of nitrogens with zero attached hydrogens (tertiary/aromatic N) is 3. The Kier molecular flexibility index (Phi) is 11.2.